The summed E-state index contributed by atoms with van der Waals surface area (Å²) in [6, 6.07) is 8.72. The minimum Gasteiger partial charge on any atom is -0.439 e. The van der Waals surface area contributed by atoms with Crippen LogP contribution in [0.25, 0.3) is 11.3 Å². The Hall–Kier alpha value is -2.38. The molecule has 0 bridgehead atoms. The molecule has 2 fully saturated rings. The number of ether oxygens (including phenoxy) is 1. The van der Waals surface area contributed by atoms with E-state index in [0.29, 0.717) is 24.4 Å². The van der Waals surface area contributed by atoms with Crippen molar-refractivity contribution in [3.05, 3.63) is 41.9 Å². The Morgan fingerprint density at radius 1 is 1.19 bits per heavy atom. The van der Waals surface area contributed by atoms with Gasteiger partial charge in [0.25, 0.3) is 0 Å². The highest BCUT2D eigenvalue weighted by atomic mass is 16.5. The number of nitrogens with zero attached hydrogens (tertiary/aromatic N) is 3. The molecule has 2 saturated heterocycles. The molecule has 0 spiro atoms. The van der Waals surface area contributed by atoms with Crippen LogP contribution in [0.2, 0.25) is 0 Å². The van der Waals surface area contributed by atoms with Gasteiger partial charge in [-0.05, 0) is 39.0 Å². The summed E-state index contributed by atoms with van der Waals surface area (Å²) in [5.74, 6) is 2.96. The third-order valence-corrected chi connectivity index (χ3v) is 6.08. The van der Waals surface area contributed by atoms with Gasteiger partial charge in [0.1, 0.15) is 6.54 Å². The lowest BCUT2D eigenvalue weighted by atomic mass is 10.0. The Morgan fingerprint density at radius 2 is 2.00 bits per heavy atom. The monoisotopic (exact) mass is 425 g/mol. The van der Waals surface area contributed by atoms with E-state index in [1.54, 1.807) is 6.20 Å². The van der Waals surface area contributed by atoms with Crippen molar-refractivity contribution in [3.63, 3.8) is 0 Å². The molecule has 3 heterocycles. The molecule has 7 nitrogen and oxygen atoms in total. The van der Waals surface area contributed by atoms with Crippen molar-refractivity contribution in [2.75, 3.05) is 39.4 Å². The van der Waals surface area contributed by atoms with Crippen LogP contribution in [0.1, 0.15) is 37.6 Å². The van der Waals surface area contributed by atoms with E-state index >= 15 is 0 Å². The number of guanidine groups is 1. The summed E-state index contributed by atoms with van der Waals surface area (Å²) in [6.45, 7) is 10.7. The van der Waals surface area contributed by atoms with E-state index in [9.17, 15) is 0 Å². The second-order valence-corrected chi connectivity index (χ2v) is 8.63. The number of hydrogen-bond acceptors (Lipinski definition) is 5. The van der Waals surface area contributed by atoms with Crippen LogP contribution in [-0.4, -0.2) is 61.3 Å². The van der Waals surface area contributed by atoms with Crippen molar-refractivity contribution >= 4 is 5.96 Å². The molecule has 2 aromatic rings. The molecule has 2 aliphatic rings. The van der Waals surface area contributed by atoms with Crippen LogP contribution in [-0.2, 0) is 11.3 Å². The fourth-order valence-electron chi connectivity index (χ4n) is 4.25. The van der Waals surface area contributed by atoms with E-state index in [0.717, 1.165) is 63.0 Å². The Kier molecular flexibility index (Phi) is 7.59. The molecule has 1 aromatic heterocycles. The van der Waals surface area contributed by atoms with Crippen molar-refractivity contribution in [3.8, 4) is 11.3 Å². The molecule has 0 radical (unpaired) electrons. The van der Waals surface area contributed by atoms with E-state index in [-0.39, 0.29) is 0 Å². The molecule has 0 aliphatic carbocycles. The highest BCUT2D eigenvalue weighted by Gasteiger charge is 2.24. The van der Waals surface area contributed by atoms with Gasteiger partial charge in [0.2, 0.25) is 5.89 Å². The zero-order chi connectivity index (χ0) is 21.5. The van der Waals surface area contributed by atoms with Gasteiger partial charge in [0.15, 0.2) is 11.7 Å². The van der Waals surface area contributed by atoms with Crippen molar-refractivity contribution in [2.24, 2.45) is 10.9 Å². The van der Waals surface area contributed by atoms with Crippen LogP contribution in [0.15, 0.2) is 39.9 Å². The van der Waals surface area contributed by atoms with Crippen molar-refractivity contribution in [1.29, 1.82) is 0 Å². The summed E-state index contributed by atoms with van der Waals surface area (Å²) in [6.07, 6.45) is 5.26. The quantitative estimate of drug-likeness (QED) is 0.524. The maximum absolute atomic E-state index is 5.91. The molecular weight excluding hydrogens is 390 g/mol. The van der Waals surface area contributed by atoms with Crippen molar-refractivity contribution < 1.29 is 9.15 Å². The van der Waals surface area contributed by atoms with E-state index in [2.05, 4.69) is 58.6 Å². The Bertz CT molecular complexity index is 834. The molecule has 1 aromatic carbocycles. The fraction of sp³-hybridized carbons (Fsp3) is 0.583. The highest BCUT2D eigenvalue weighted by molar-refractivity contribution is 5.80. The largest absolute Gasteiger partial charge is 0.439 e. The summed E-state index contributed by atoms with van der Waals surface area (Å²) in [5, 5.41) is 6.96. The van der Waals surface area contributed by atoms with Crippen molar-refractivity contribution in [1.82, 2.24) is 20.5 Å². The van der Waals surface area contributed by atoms with Crippen LogP contribution in [0, 0.1) is 12.8 Å². The molecule has 0 amide bonds. The summed E-state index contributed by atoms with van der Waals surface area (Å²) in [5.41, 5.74) is 2.27. The van der Waals surface area contributed by atoms with Crippen LogP contribution in [0.4, 0.5) is 0 Å². The number of piperidine rings is 1. The number of benzene rings is 1. The molecule has 168 valence electrons. The molecule has 31 heavy (non-hydrogen) atoms. The first-order valence-corrected chi connectivity index (χ1v) is 11.6. The van der Waals surface area contributed by atoms with Gasteiger partial charge in [-0.2, -0.15) is 0 Å². The van der Waals surface area contributed by atoms with Gasteiger partial charge in [-0.1, -0.05) is 29.8 Å². The van der Waals surface area contributed by atoms with Crippen molar-refractivity contribution in [2.45, 2.75) is 45.7 Å². The number of oxazole rings is 1. The molecule has 0 saturated carbocycles. The van der Waals surface area contributed by atoms with Crippen LogP contribution < -0.4 is 10.6 Å². The first-order valence-electron chi connectivity index (χ1n) is 11.6. The lowest BCUT2D eigenvalue weighted by Crippen LogP contribution is -2.49. The van der Waals surface area contributed by atoms with Gasteiger partial charge >= 0.3 is 0 Å². The fourth-order valence-corrected chi connectivity index (χ4v) is 4.25. The predicted molar refractivity (Wildman–Crippen MR) is 123 cm³/mol. The smallest absolute Gasteiger partial charge is 0.216 e. The minimum absolute atomic E-state index is 0.418. The maximum atomic E-state index is 5.91. The van der Waals surface area contributed by atoms with Gasteiger partial charge in [-0.15, -0.1) is 0 Å². The van der Waals surface area contributed by atoms with E-state index in [4.69, 9.17) is 14.1 Å². The number of aromatic nitrogens is 1. The number of nitrogens with one attached hydrogen (secondary N) is 2. The second-order valence-electron chi connectivity index (χ2n) is 8.63. The maximum Gasteiger partial charge on any atom is 0.216 e. The summed E-state index contributed by atoms with van der Waals surface area (Å²) in [7, 11) is 0. The van der Waals surface area contributed by atoms with Gasteiger partial charge in [0, 0.05) is 44.4 Å². The first kappa shape index (κ1) is 21.8. The summed E-state index contributed by atoms with van der Waals surface area (Å²) < 4.78 is 11.4. The van der Waals surface area contributed by atoms with Gasteiger partial charge in [-0.3, -0.25) is 0 Å². The Morgan fingerprint density at radius 3 is 2.71 bits per heavy atom. The van der Waals surface area contributed by atoms with Crippen LogP contribution in [0.3, 0.4) is 0 Å². The lowest BCUT2D eigenvalue weighted by molar-refractivity contribution is 0.150. The zero-order valence-electron chi connectivity index (χ0n) is 18.8. The van der Waals surface area contributed by atoms with E-state index in [1.165, 1.54) is 18.5 Å². The molecule has 7 heteroatoms. The average molecular weight is 426 g/mol. The topological polar surface area (TPSA) is 74.9 Å². The number of likely N-dealkylation sites (tertiary alicyclic amines) is 1. The number of aliphatic imine (C=N–C) groups is 1. The molecular formula is C24H35N5O2. The second kappa shape index (κ2) is 10.8. The lowest BCUT2D eigenvalue weighted by Gasteiger charge is -2.34. The highest BCUT2D eigenvalue weighted by Crippen LogP contribution is 2.21. The molecule has 2 N–H and O–H groups in total. The molecule has 4 rings (SSSR count). The van der Waals surface area contributed by atoms with E-state index < -0.39 is 0 Å². The molecule has 1 unspecified atom stereocenters. The third kappa shape index (κ3) is 6.31. The van der Waals surface area contributed by atoms with Gasteiger partial charge in [0.05, 0.1) is 12.8 Å². The van der Waals surface area contributed by atoms with E-state index in [1.807, 2.05) is 0 Å². The number of hydrogen-bond donors (Lipinski definition) is 2. The Labute approximate surface area is 185 Å². The zero-order valence-corrected chi connectivity index (χ0v) is 18.8. The predicted octanol–water partition coefficient (Wildman–Crippen LogP) is 3.21. The SMILES string of the molecule is CCNC(=NCc1ncc(-c2ccc(C)cc2)o1)NC1CCN(CC2CCOC2)CC1. The summed E-state index contributed by atoms with van der Waals surface area (Å²) >= 11 is 0. The first-order chi connectivity index (χ1) is 15.2. The summed E-state index contributed by atoms with van der Waals surface area (Å²) in [4.78, 5) is 11.7. The minimum atomic E-state index is 0.418. The van der Waals surface area contributed by atoms with Crippen LogP contribution >= 0.6 is 0 Å². The normalized spacial score (nSPS) is 20.8. The van der Waals surface area contributed by atoms with Crippen LogP contribution in [0.5, 0.6) is 0 Å². The Balaban J connectivity index is 1.28. The standard InChI is InChI=1S/C24H35N5O2/c1-3-25-24(28-21-8-11-29(12-9-21)16-19-10-13-30-17-19)27-15-23-26-14-22(31-23)20-6-4-18(2)5-7-20/h4-7,14,19,21H,3,8-13,15-17H2,1-2H3,(H2,25,27,28). The average Bonchev–Trinajstić information content (AvgIpc) is 3.46. The number of rotatable bonds is 7. The third-order valence-electron chi connectivity index (χ3n) is 6.08. The van der Waals surface area contributed by atoms with Gasteiger partial charge in [-0.25, -0.2) is 9.98 Å². The molecule has 2 aliphatic heterocycles. The van der Waals surface area contributed by atoms with Gasteiger partial charge < -0.3 is 24.7 Å². The molecule has 1 atom stereocenters. The number of aryl methyl sites for hydroxylation is 1.